The first kappa shape index (κ1) is 19.2. The van der Waals surface area contributed by atoms with Crippen LogP contribution in [-0.4, -0.2) is 60.6 Å². The quantitative estimate of drug-likeness (QED) is 0.714. The van der Waals surface area contributed by atoms with E-state index >= 15 is 0 Å². The van der Waals surface area contributed by atoms with Crippen molar-refractivity contribution in [1.82, 2.24) is 10.2 Å². The minimum Gasteiger partial charge on any atom is -0.480 e. The Bertz CT molecular complexity index is 542. The summed E-state index contributed by atoms with van der Waals surface area (Å²) >= 11 is 0. The van der Waals surface area contributed by atoms with Crippen molar-refractivity contribution in [2.45, 2.75) is 38.6 Å². The van der Waals surface area contributed by atoms with Gasteiger partial charge in [-0.05, 0) is 18.6 Å². The Hall–Kier alpha value is -2.08. The smallest absolute Gasteiger partial charge is 0.326 e. The lowest BCUT2D eigenvalue weighted by atomic mass is 10.1. The van der Waals surface area contributed by atoms with Gasteiger partial charge in [0.25, 0.3) is 0 Å². The summed E-state index contributed by atoms with van der Waals surface area (Å²) in [4.78, 5) is 27.8. The second-order valence-corrected chi connectivity index (χ2v) is 6.51. The number of anilines is 1. The Labute approximate surface area is 149 Å². The standard InChI is InChI=1S/C19H29N3O3/c1-2-3-9-17(19(24)25)20-18(23)10-11-21-12-14-22(15-13-21)16-7-5-4-6-8-16/h4-8,17H,2-3,9-15H2,1H3,(H,20,23)(H,24,25)/t17-/m0/s1. The number of benzene rings is 1. The molecular formula is C19H29N3O3. The number of carboxylic acid groups (broad SMARTS) is 1. The first-order valence-electron chi connectivity index (χ1n) is 9.14. The lowest BCUT2D eigenvalue weighted by molar-refractivity contribution is -0.142. The number of aliphatic carboxylic acids is 1. The van der Waals surface area contributed by atoms with Crippen LogP contribution in [0.3, 0.4) is 0 Å². The molecule has 0 spiro atoms. The van der Waals surface area contributed by atoms with Gasteiger partial charge in [0.1, 0.15) is 6.04 Å². The molecule has 6 nitrogen and oxygen atoms in total. The maximum atomic E-state index is 12.0. The first-order valence-corrected chi connectivity index (χ1v) is 9.14. The van der Waals surface area contributed by atoms with Gasteiger partial charge in [-0.1, -0.05) is 38.0 Å². The number of carbonyl (C=O) groups is 2. The number of nitrogens with one attached hydrogen (secondary N) is 1. The van der Waals surface area contributed by atoms with E-state index in [1.807, 2.05) is 25.1 Å². The van der Waals surface area contributed by atoms with Gasteiger partial charge in [-0.2, -0.15) is 0 Å². The summed E-state index contributed by atoms with van der Waals surface area (Å²) in [6, 6.07) is 9.58. The third kappa shape index (κ3) is 6.38. The molecule has 6 heteroatoms. The Morgan fingerprint density at radius 3 is 2.44 bits per heavy atom. The Morgan fingerprint density at radius 1 is 1.16 bits per heavy atom. The largest absolute Gasteiger partial charge is 0.480 e. The number of nitrogens with zero attached hydrogens (tertiary/aromatic N) is 2. The summed E-state index contributed by atoms with van der Waals surface area (Å²) in [5.74, 6) is -1.12. The van der Waals surface area contributed by atoms with Gasteiger partial charge in [0.15, 0.2) is 0 Å². The van der Waals surface area contributed by atoms with E-state index in [0.717, 1.165) is 39.0 Å². The highest BCUT2D eigenvalue weighted by Crippen LogP contribution is 2.15. The second-order valence-electron chi connectivity index (χ2n) is 6.51. The van der Waals surface area contributed by atoms with Crippen LogP contribution < -0.4 is 10.2 Å². The predicted molar refractivity (Wildman–Crippen MR) is 98.8 cm³/mol. The molecule has 0 aliphatic carbocycles. The Kier molecular flexibility index (Phi) is 7.73. The second kappa shape index (κ2) is 10.0. The van der Waals surface area contributed by atoms with Crippen LogP contribution in [-0.2, 0) is 9.59 Å². The van der Waals surface area contributed by atoms with Crippen molar-refractivity contribution in [3.8, 4) is 0 Å². The van der Waals surface area contributed by atoms with Gasteiger partial charge >= 0.3 is 5.97 Å². The summed E-state index contributed by atoms with van der Waals surface area (Å²) in [5.41, 5.74) is 1.24. The van der Waals surface area contributed by atoms with E-state index in [1.165, 1.54) is 5.69 Å². The highest BCUT2D eigenvalue weighted by Gasteiger charge is 2.21. The number of para-hydroxylation sites is 1. The molecule has 0 unspecified atom stereocenters. The molecular weight excluding hydrogens is 318 g/mol. The van der Waals surface area contributed by atoms with Crippen LogP contribution in [0.2, 0.25) is 0 Å². The van der Waals surface area contributed by atoms with Crippen molar-refractivity contribution in [3.63, 3.8) is 0 Å². The van der Waals surface area contributed by atoms with E-state index in [4.69, 9.17) is 0 Å². The number of hydrogen-bond donors (Lipinski definition) is 2. The van der Waals surface area contributed by atoms with E-state index < -0.39 is 12.0 Å². The summed E-state index contributed by atoms with van der Waals surface area (Å²) < 4.78 is 0. The summed E-state index contributed by atoms with van der Waals surface area (Å²) in [5, 5.41) is 11.8. The molecule has 0 radical (unpaired) electrons. The average Bonchev–Trinajstić information content (AvgIpc) is 2.64. The number of unbranched alkanes of at least 4 members (excludes halogenated alkanes) is 1. The molecule has 1 atom stereocenters. The SMILES string of the molecule is CCCC[C@H](NC(=O)CCN1CCN(c2ccccc2)CC1)C(=O)O. The highest BCUT2D eigenvalue weighted by molar-refractivity contribution is 5.83. The van der Waals surface area contributed by atoms with Crippen LogP contribution in [0, 0.1) is 0 Å². The summed E-state index contributed by atoms with van der Waals surface area (Å²) in [6.07, 6.45) is 2.57. The zero-order valence-corrected chi connectivity index (χ0v) is 15.0. The third-order valence-corrected chi connectivity index (χ3v) is 4.63. The number of carbonyl (C=O) groups excluding carboxylic acids is 1. The van der Waals surface area contributed by atoms with Gasteiger partial charge in [0, 0.05) is 44.8 Å². The molecule has 1 saturated heterocycles. The minimum absolute atomic E-state index is 0.172. The molecule has 0 aromatic heterocycles. The lowest BCUT2D eigenvalue weighted by Crippen LogP contribution is -2.48. The van der Waals surface area contributed by atoms with Crippen LogP contribution in [0.1, 0.15) is 32.6 Å². The van der Waals surface area contributed by atoms with Crippen molar-refractivity contribution in [3.05, 3.63) is 30.3 Å². The van der Waals surface area contributed by atoms with Crippen molar-refractivity contribution >= 4 is 17.6 Å². The molecule has 1 aromatic rings. The number of rotatable bonds is 9. The Balaban J connectivity index is 1.69. The monoisotopic (exact) mass is 347 g/mol. The first-order chi connectivity index (χ1) is 12.1. The van der Waals surface area contributed by atoms with Gasteiger partial charge in [0.05, 0.1) is 0 Å². The fourth-order valence-electron chi connectivity index (χ4n) is 3.06. The van der Waals surface area contributed by atoms with Gasteiger partial charge < -0.3 is 15.3 Å². The number of amides is 1. The van der Waals surface area contributed by atoms with E-state index in [-0.39, 0.29) is 5.91 Å². The normalized spacial score (nSPS) is 16.4. The van der Waals surface area contributed by atoms with Crippen LogP contribution in [0.4, 0.5) is 5.69 Å². The van der Waals surface area contributed by atoms with E-state index in [1.54, 1.807) is 0 Å². The van der Waals surface area contributed by atoms with Gasteiger partial charge in [-0.3, -0.25) is 9.69 Å². The van der Waals surface area contributed by atoms with Crippen LogP contribution in [0.5, 0.6) is 0 Å². The maximum Gasteiger partial charge on any atom is 0.326 e. The molecule has 1 aliphatic rings. The molecule has 1 heterocycles. The number of piperazine rings is 1. The van der Waals surface area contributed by atoms with Crippen molar-refractivity contribution < 1.29 is 14.7 Å². The zero-order valence-electron chi connectivity index (χ0n) is 15.0. The molecule has 0 bridgehead atoms. The van der Waals surface area contributed by atoms with Crippen molar-refractivity contribution in [2.24, 2.45) is 0 Å². The molecule has 25 heavy (non-hydrogen) atoms. The van der Waals surface area contributed by atoms with E-state index in [0.29, 0.717) is 19.4 Å². The summed E-state index contributed by atoms with van der Waals surface area (Å²) in [7, 11) is 0. The molecule has 1 aromatic carbocycles. The van der Waals surface area contributed by atoms with Gasteiger partial charge in [-0.25, -0.2) is 4.79 Å². The van der Waals surface area contributed by atoms with E-state index in [2.05, 4.69) is 27.2 Å². The fourth-order valence-corrected chi connectivity index (χ4v) is 3.06. The molecule has 138 valence electrons. The fraction of sp³-hybridized carbons (Fsp3) is 0.579. The minimum atomic E-state index is -0.946. The molecule has 1 aliphatic heterocycles. The molecule has 2 rings (SSSR count). The molecule has 1 fully saturated rings. The Morgan fingerprint density at radius 2 is 1.84 bits per heavy atom. The van der Waals surface area contributed by atoms with Gasteiger partial charge in [0.2, 0.25) is 5.91 Å². The molecule has 2 N–H and O–H groups in total. The highest BCUT2D eigenvalue weighted by atomic mass is 16.4. The zero-order chi connectivity index (χ0) is 18.1. The van der Waals surface area contributed by atoms with Crippen LogP contribution in [0.15, 0.2) is 30.3 Å². The molecule has 0 saturated carbocycles. The third-order valence-electron chi connectivity index (χ3n) is 4.63. The predicted octanol–water partition coefficient (Wildman–Crippen LogP) is 1.96. The van der Waals surface area contributed by atoms with E-state index in [9.17, 15) is 14.7 Å². The molecule has 1 amide bonds. The number of carboxylic acids is 1. The maximum absolute atomic E-state index is 12.0. The van der Waals surface area contributed by atoms with Crippen LogP contribution >= 0.6 is 0 Å². The van der Waals surface area contributed by atoms with Crippen LogP contribution in [0.25, 0.3) is 0 Å². The van der Waals surface area contributed by atoms with Gasteiger partial charge in [-0.15, -0.1) is 0 Å². The lowest BCUT2D eigenvalue weighted by Gasteiger charge is -2.36. The van der Waals surface area contributed by atoms with Crippen molar-refractivity contribution in [1.29, 1.82) is 0 Å². The van der Waals surface area contributed by atoms with Crippen molar-refractivity contribution in [2.75, 3.05) is 37.6 Å². The number of hydrogen-bond acceptors (Lipinski definition) is 4. The topological polar surface area (TPSA) is 72.9 Å². The summed E-state index contributed by atoms with van der Waals surface area (Å²) in [6.45, 7) is 6.41. The average molecular weight is 347 g/mol.